The molecule has 106 valence electrons. The maximum atomic E-state index is 3.76. The SMILES string of the molecule is CCC1(CC)CN(CC2CCC(C)CC2)CCN1. The summed E-state index contributed by atoms with van der Waals surface area (Å²) in [5, 5.41) is 3.76. The smallest absolute Gasteiger partial charge is 0.0304 e. The Kier molecular flexibility index (Phi) is 5.08. The van der Waals surface area contributed by atoms with E-state index in [0.29, 0.717) is 5.54 Å². The zero-order chi connectivity index (χ0) is 13.0. The number of hydrogen-bond acceptors (Lipinski definition) is 2. The monoisotopic (exact) mass is 252 g/mol. The molecular formula is C16H32N2. The summed E-state index contributed by atoms with van der Waals surface area (Å²) in [5.41, 5.74) is 0.403. The van der Waals surface area contributed by atoms with Gasteiger partial charge in [0.15, 0.2) is 0 Å². The second-order valence-corrected chi connectivity index (χ2v) is 6.78. The number of nitrogens with one attached hydrogen (secondary N) is 1. The van der Waals surface area contributed by atoms with Gasteiger partial charge >= 0.3 is 0 Å². The van der Waals surface area contributed by atoms with Crippen molar-refractivity contribution in [1.29, 1.82) is 0 Å². The van der Waals surface area contributed by atoms with Crippen LogP contribution >= 0.6 is 0 Å². The predicted molar refractivity (Wildman–Crippen MR) is 78.9 cm³/mol. The van der Waals surface area contributed by atoms with Gasteiger partial charge in [-0.05, 0) is 37.5 Å². The summed E-state index contributed by atoms with van der Waals surface area (Å²) in [5.74, 6) is 1.96. The Bertz CT molecular complexity index is 239. The van der Waals surface area contributed by atoms with Crippen molar-refractivity contribution in [2.45, 2.75) is 64.8 Å². The fourth-order valence-corrected chi connectivity index (χ4v) is 3.80. The Morgan fingerprint density at radius 2 is 1.78 bits per heavy atom. The summed E-state index contributed by atoms with van der Waals surface area (Å²) in [7, 11) is 0. The third kappa shape index (κ3) is 3.48. The van der Waals surface area contributed by atoms with E-state index in [1.54, 1.807) is 0 Å². The molecule has 2 aliphatic rings. The fraction of sp³-hybridized carbons (Fsp3) is 1.00. The molecule has 2 nitrogen and oxygen atoms in total. The minimum absolute atomic E-state index is 0.403. The van der Waals surface area contributed by atoms with Crippen molar-refractivity contribution in [3.63, 3.8) is 0 Å². The third-order valence-corrected chi connectivity index (χ3v) is 5.46. The molecule has 0 radical (unpaired) electrons. The maximum Gasteiger partial charge on any atom is 0.0304 e. The standard InChI is InChI=1S/C16H32N2/c1-4-16(5-2)13-18(11-10-17-16)12-15-8-6-14(3)7-9-15/h14-15,17H,4-13H2,1-3H3. The quantitative estimate of drug-likeness (QED) is 0.826. The molecule has 0 amide bonds. The van der Waals surface area contributed by atoms with Gasteiger partial charge in [0.2, 0.25) is 0 Å². The van der Waals surface area contributed by atoms with E-state index in [-0.39, 0.29) is 0 Å². The van der Waals surface area contributed by atoms with Crippen LogP contribution in [0.3, 0.4) is 0 Å². The molecule has 2 fully saturated rings. The lowest BCUT2D eigenvalue weighted by atomic mass is 9.82. The second kappa shape index (κ2) is 6.38. The number of nitrogens with zero attached hydrogens (tertiary/aromatic N) is 1. The van der Waals surface area contributed by atoms with Crippen molar-refractivity contribution in [2.75, 3.05) is 26.2 Å². The van der Waals surface area contributed by atoms with Crippen LogP contribution in [0.4, 0.5) is 0 Å². The summed E-state index contributed by atoms with van der Waals surface area (Å²) in [4.78, 5) is 2.74. The summed E-state index contributed by atoms with van der Waals surface area (Å²) in [6, 6.07) is 0. The van der Waals surface area contributed by atoms with Crippen LogP contribution in [0.1, 0.15) is 59.3 Å². The molecule has 0 bridgehead atoms. The van der Waals surface area contributed by atoms with Gasteiger partial charge in [0.1, 0.15) is 0 Å². The van der Waals surface area contributed by atoms with Crippen LogP contribution in [0.2, 0.25) is 0 Å². The van der Waals surface area contributed by atoms with Crippen molar-refractivity contribution in [2.24, 2.45) is 11.8 Å². The number of piperazine rings is 1. The van der Waals surface area contributed by atoms with E-state index in [2.05, 4.69) is 31.0 Å². The molecule has 1 saturated heterocycles. The third-order valence-electron chi connectivity index (χ3n) is 5.46. The van der Waals surface area contributed by atoms with Gasteiger partial charge in [0.25, 0.3) is 0 Å². The van der Waals surface area contributed by atoms with E-state index in [9.17, 15) is 0 Å². The summed E-state index contributed by atoms with van der Waals surface area (Å²) >= 11 is 0. The zero-order valence-electron chi connectivity index (χ0n) is 12.7. The Hall–Kier alpha value is -0.0800. The van der Waals surface area contributed by atoms with E-state index >= 15 is 0 Å². The number of hydrogen-bond donors (Lipinski definition) is 1. The number of rotatable bonds is 4. The topological polar surface area (TPSA) is 15.3 Å². The highest BCUT2D eigenvalue weighted by Gasteiger charge is 2.32. The summed E-state index contributed by atoms with van der Waals surface area (Å²) in [6.07, 6.45) is 8.39. The Labute approximate surface area is 114 Å². The lowest BCUT2D eigenvalue weighted by molar-refractivity contribution is 0.0966. The van der Waals surface area contributed by atoms with Gasteiger partial charge in [-0.25, -0.2) is 0 Å². The van der Waals surface area contributed by atoms with Gasteiger partial charge in [-0.2, -0.15) is 0 Å². The Morgan fingerprint density at radius 1 is 1.11 bits per heavy atom. The van der Waals surface area contributed by atoms with Crippen LogP contribution in [0, 0.1) is 11.8 Å². The van der Waals surface area contributed by atoms with Crippen LogP contribution in [0.15, 0.2) is 0 Å². The van der Waals surface area contributed by atoms with Gasteiger partial charge < -0.3 is 5.32 Å². The molecule has 2 heteroatoms. The van der Waals surface area contributed by atoms with Gasteiger partial charge in [0.05, 0.1) is 0 Å². The first-order valence-electron chi connectivity index (χ1n) is 8.15. The zero-order valence-corrected chi connectivity index (χ0v) is 12.7. The highest BCUT2D eigenvalue weighted by molar-refractivity contribution is 4.93. The first-order valence-corrected chi connectivity index (χ1v) is 8.15. The molecule has 1 N–H and O–H groups in total. The average molecular weight is 252 g/mol. The minimum atomic E-state index is 0.403. The Morgan fingerprint density at radius 3 is 2.39 bits per heavy atom. The minimum Gasteiger partial charge on any atom is -0.309 e. The van der Waals surface area contributed by atoms with Crippen molar-refractivity contribution in [3.05, 3.63) is 0 Å². The normalized spacial score (nSPS) is 33.5. The van der Waals surface area contributed by atoms with E-state index in [1.165, 1.54) is 64.7 Å². The van der Waals surface area contributed by atoms with Crippen molar-refractivity contribution in [1.82, 2.24) is 10.2 Å². The van der Waals surface area contributed by atoms with Gasteiger partial charge in [-0.1, -0.05) is 33.6 Å². The molecule has 1 aliphatic heterocycles. The maximum absolute atomic E-state index is 3.76. The molecule has 0 unspecified atom stereocenters. The molecule has 0 aromatic rings. The molecule has 0 aromatic heterocycles. The fourth-order valence-electron chi connectivity index (χ4n) is 3.80. The average Bonchev–Trinajstić information content (AvgIpc) is 2.41. The summed E-state index contributed by atoms with van der Waals surface area (Å²) in [6.45, 7) is 12.2. The van der Waals surface area contributed by atoms with E-state index in [4.69, 9.17) is 0 Å². The van der Waals surface area contributed by atoms with Crippen molar-refractivity contribution in [3.8, 4) is 0 Å². The van der Waals surface area contributed by atoms with Crippen molar-refractivity contribution < 1.29 is 0 Å². The molecule has 18 heavy (non-hydrogen) atoms. The predicted octanol–water partition coefficient (Wildman–Crippen LogP) is 3.28. The van der Waals surface area contributed by atoms with Crippen LogP contribution in [-0.2, 0) is 0 Å². The summed E-state index contributed by atoms with van der Waals surface area (Å²) < 4.78 is 0. The van der Waals surface area contributed by atoms with E-state index in [0.717, 1.165) is 11.8 Å². The Balaban J connectivity index is 1.82. The van der Waals surface area contributed by atoms with Gasteiger partial charge in [-0.15, -0.1) is 0 Å². The largest absolute Gasteiger partial charge is 0.309 e. The van der Waals surface area contributed by atoms with Crippen LogP contribution < -0.4 is 5.32 Å². The molecule has 0 aromatic carbocycles. The highest BCUT2D eigenvalue weighted by Crippen LogP contribution is 2.30. The van der Waals surface area contributed by atoms with E-state index < -0.39 is 0 Å². The molecule has 2 rings (SSSR count). The van der Waals surface area contributed by atoms with Gasteiger partial charge in [-0.3, -0.25) is 4.90 Å². The molecule has 1 aliphatic carbocycles. The molecule has 0 atom stereocenters. The molecule has 0 spiro atoms. The van der Waals surface area contributed by atoms with Crippen LogP contribution in [0.25, 0.3) is 0 Å². The van der Waals surface area contributed by atoms with Crippen LogP contribution in [0.5, 0.6) is 0 Å². The lowest BCUT2D eigenvalue weighted by Gasteiger charge is -2.44. The molecular weight excluding hydrogens is 220 g/mol. The highest BCUT2D eigenvalue weighted by atomic mass is 15.2. The molecule has 1 heterocycles. The molecule has 1 saturated carbocycles. The van der Waals surface area contributed by atoms with Gasteiger partial charge in [0, 0.05) is 31.7 Å². The first kappa shape index (κ1) is 14.3. The lowest BCUT2D eigenvalue weighted by Crippen LogP contribution is -2.60. The van der Waals surface area contributed by atoms with Crippen LogP contribution in [-0.4, -0.2) is 36.6 Å². The van der Waals surface area contributed by atoms with Crippen molar-refractivity contribution >= 4 is 0 Å². The second-order valence-electron chi connectivity index (χ2n) is 6.78. The first-order chi connectivity index (χ1) is 8.67. The van der Waals surface area contributed by atoms with E-state index in [1.807, 2.05) is 0 Å².